The molecule has 2 fully saturated rings. The third-order valence-electron chi connectivity index (χ3n) is 6.06. The predicted octanol–water partition coefficient (Wildman–Crippen LogP) is 3.81. The molecule has 23 heavy (non-hydrogen) atoms. The van der Waals surface area contributed by atoms with Gasteiger partial charge in [-0.15, -0.1) is 0 Å². The summed E-state index contributed by atoms with van der Waals surface area (Å²) in [6, 6.07) is 5.89. The molecule has 1 aliphatic carbocycles. The molecule has 4 rings (SSSR count). The van der Waals surface area contributed by atoms with E-state index in [-0.39, 0.29) is 17.6 Å². The lowest BCUT2D eigenvalue weighted by Gasteiger charge is -2.54. The Labute approximate surface area is 142 Å². The Morgan fingerprint density at radius 1 is 1.22 bits per heavy atom. The molecule has 2 aliphatic heterocycles. The number of hydrogen-bond donors (Lipinski definition) is 0. The first-order valence-corrected chi connectivity index (χ1v) is 9.02. The van der Waals surface area contributed by atoms with Crippen LogP contribution in [0.3, 0.4) is 0 Å². The summed E-state index contributed by atoms with van der Waals surface area (Å²) in [4.78, 5) is 28.2. The zero-order valence-electron chi connectivity index (χ0n) is 13.5. The Kier molecular flexibility index (Phi) is 3.53. The van der Waals surface area contributed by atoms with Gasteiger partial charge in [0, 0.05) is 36.1 Å². The quantitative estimate of drug-likeness (QED) is 0.678. The Morgan fingerprint density at radius 2 is 1.96 bits per heavy atom. The normalized spacial score (nSPS) is 29.4. The van der Waals surface area contributed by atoms with E-state index >= 15 is 0 Å². The van der Waals surface area contributed by atoms with Crippen molar-refractivity contribution in [1.82, 2.24) is 0 Å². The fraction of sp³-hybridized carbons (Fsp3) is 0.579. The van der Waals surface area contributed by atoms with Crippen LogP contribution in [0.15, 0.2) is 18.2 Å². The molecule has 1 saturated heterocycles. The van der Waals surface area contributed by atoms with Gasteiger partial charge >= 0.3 is 0 Å². The van der Waals surface area contributed by atoms with Crippen molar-refractivity contribution in [3.63, 3.8) is 0 Å². The van der Waals surface area contributed by atoms with Crippen LogP contribution in [0.1, 0.15) is 44.6 Å². The number of halogens is 1. The second-order valence-electron chi connectivity index (χ2n) is 7.46. The largest absolute Gasteiger partial charge is 0.367 e. The lowest BCUT2D eigenvalue weighted by Crippen LogP contribution is -2.63. The average molecular weight is 332 g/mol. The summed E-state index contributed by atoms with van der Waals surface area (Å²) >= 11 is 6.21. The molecular formula is C19H22ClNO2. The van der Waals surface area contributed by atoms with Crippen molar-refractivity contribution in [1.29, 1.82) is 0 Å². The number of fused-ring (bicyclic) bond motifs is 4. The fourth-order valence-corrected chi connectivity index (χ4v) is 5.02. The highest BCUT2D eigenvalue weighted by atomic mass is 35.5. The van der Waals surface area contributed by atoms with Crippen molar-refractivity contribution >= 4 is 28.9 Å². The number of Topliss-reactive ketones (excluding diaryl/α,β-unsaturated/α-hetero) is 2. The van der Waals surface area contributed by atoms with E-state index in [1.54, 1.807) is 0 Å². The monoisotopic (exact) mass is 331 g/mol. The van der Waals surface area contributed by atoms with Crippen LogP contribution in [-0.2, 0) is 16.0 Å². The van der Waals surface area contributed by atoms with Gasteiger partial charge in [0.25, 0.3) is 0 Å². The minimum atomic E-state index is -0.812. The van der Waals surface area contributed by atoms with Gasteiger partial charge in [0.1, 0.15) is 17.0 Å². The van der Waals surface area contributed by atoms with Crippen molar-refractivity contribution in [2.24, 2.45) is 11.3 Å². The third kappa shape index (κ3) is 2.16. The van der Waals surface area contributed by atoms with Crippen molar-refractivity contribution in [2.75, 3.05) is 11.4 Å². The summed E-state index contributed by atoms with van der Waals surface area (Å²) in [6.07, 6.45) is 4.39. The zero-order chi connectivity index (χ0) is 16.2. The summed E-state index contributed by atoms with van der Waals surface area (Å²) in [6.45, 7) is 3.14. The van der Waals surface area contributed by atoms with Crippen LogP contribution in [0.25, 0.3) is 0 Å². The predicted molar refractivity (Wildman–Crippen MR) is 91.0 cm³/mol. The Balaban J connectivity index is 1.88. The van der Waals surface area contributed by atoms with Crippen LogP contribution in [-0.4, -0.2) is 24.2 Å². The first-order chi connectivity index (χ1) is 11.0. The van der Waals surface area contributed by atoms with Gasteiger partial charge in [-0.2, -0.15) is 0 Å². The molecule has 122 valence electrons. The number of nitrogens with zero attached hydrogens (tertiary/aromatic N) is 1. The molecule has 3 aliphatic rings. The van der Waals surface area contributed by atoms with E-state index < -0.39 is 5.41 Å². The number of hydrogen-bond acceptors (Lipinski definition) is 3. The summed E-state index contributed by atoms with van der Waals surface area (Å²) in [5, 5.41) is 0.721. The molecule has 0 aromatic heterocycles. The van der Waals surface area contributed by atoms with Crippen LogP contribution in [0, 0.1) is 11.3 Å². The highest BCUT2D eigenvalue weighted by Gasteiger charge is 2.57. The first-order valence-electron chi connectivity index (χ1n) is 8.64. The molecule has 1 aromatic carbocycles. The summed E-state index contributed by atoms with van der Waals surface area (Å²) in [5.74, 6) is 0.883. The molecular weight excluding hydrogens is 310 g/mol. The van der Waals surface area contributed by atoms with Gasteiger partial charge in [0.15, 0.2) is 0 Å². The lowest BCUT2D eigenvalue weighted by molar-refractivity contribution is -0.146. The van der Waals surface area contributed by atoms with Crippen LogP contribution in [0.5, 0.6) is 0 Å². The Morgan fingerprint density at radius 3 is 2.70 bits per heavy atom. The summed E-state index contributed by atoms with van der Waals surface area (Å²) in [5.41, 5.74) is 1.42. The number of carbonyl (C=O) groups is 2. The minimum absolute atomic E-state index is 0.0116. The Bertz CT molecular complexity index is 668. The van der Waals surface area contributed by atoms with Crippen LogP contribution < -0.4 is 4.90 Å². The minimum Gasteiger partial charge on any atom is -0.367 e. The standard InChI is InChI=1S/C19H22ClNO2/c1-12-7-8-21-15-10-14(20)6-5-13(15)11-19(16(21)9-12)17(22)3-2-4-18(19)23/h5-6,10,12,16H,2-4,7-9,11H2,1H3/t12-,16-/m1/s1. The molecule has 0 bridgehead atoms. The topological polar surface area (TPSA) is 37.4 Å². The third-order valence-corrected chi connectivity index (χ3v) is 6.30. The molecule has 0 amide bonds. The van der Waals surface area contributed by atoms with E-state index in [0.717, 1.165) is 42.1 Å². The van der Waals surface area contributed by atoms with E-state index in [4.69, 9.17) is 11.6 Å². The molecule has 2 heterocycles. The number of carbonyl (C=O) groups excluding carboxylic acids is 2. The first kappa shape index (κ1) is 15.2. The van der Waals surface area contributed by atoms with Crippen molar-refractivity contribution in [3.05, 3.63) is 28.8 Å². The van der Waals surface area contributed by atoms with E-state index in [9.17, 15) is 9.59 Å². The number of anilines is 1. The van der Waals surface area contributed by atoms with Gasteiger partial charge in [-0.1, -0.05) is 24.6 Å². The molecule has 2 atom stereocenters. The molecule has 4 heteroatoms. The highest BCUT2D eigenvalue weighted by Crippen LogP contribution is 2.50. The second-order valence-corrected chi connectivity index (χ2v) is 7.90. The summed E-state index contributed by atoms with van der Waals surface area (Å²) in [7, 11) is 0. The fourth-order valence-electron chi connectivity index (χ4n) is 4.85. The number of benzene rings is 1. The van der Waals surface area contributed by atoms with Crippen LogP contribution >= 0.6 is 11.6 Å². The van der Waals surface area contributed by atoms with Gasteiger partial charge in [0.05, 0.1) is 0 Å². The molecule has 3 nitrogen and oxygen atoms in total. The smallest absolute Gasteiger partial charge is 0.148 e. The maximum atomic E-state index is 12.9. The molecule has 0 N–H and O–H groups in total. The molecule has 1 saturated carbocycles. The summed E-state index contributed by atoms with van der Waals surface area (Å²) < 4.78 is 0. The van der Waals surface area contributed by atoms with E-state index in [2.05, 4.69) is 11.8 Å². The number of piperidine rings is 1. The van der Waals surface area contributed by atoms with Gasteiger partial charge in [-0.25, -0.2) is 0 Å². The number of ketones is 2. The maximum absolute atomic E-state index is 12.9. The van der Waals surface area contributed by atoms with E-state index in [0.29, 0.717) is 25.2 Å². The highest BCUT2D eigenvalue weighted by molar-refractivity contribution is 6.31. The lowest BCUT2D eigenvalue weighted by atomic mass is 9.59. The van der Waals surface area contributed by atoms with Gasteiger partial charge in [-0.3, -0.25) is 9.59 Å². The van der Waals surface area contributed by atoms with Crippen molar-refractivity contribution < 1.29 is 9.59 Å². The van der Waals surface area contributed by atoms with E-state index in [1.165, 1.54) is 0 Å². The van der Waals surface area contributed by atoms with Crippen molar-refractivity contribution in [2.45, 2.75) is 51.5 Å². The van der Waals surface area contributed by atoms with Crippen LogP contribution in [0.2, 0.25) is 5.02 Å². The number of rotatable bonds is 0. The zero-order valence-corrected chi connectivity index (χ0v) is 14.2. The molecule has 1 spiro atoms. The van der Waals surface area contributed by atoms with Crippen LogP contribution in [0.4, 0.5) is 5.69 Å². The Hall–Kier alpha value is -1.35. The van der Waals surface area contributed by atoms with Crippen molar-refractivity contribution in [3.8, 4) is 0 Å². The second kappa shape index (κ2) is 5.34. The van der Waals surface area contributed by atoms with Gasteiger partial charge in [-0.05, 0) is 49.3 Å². The maximum Gasteiger partial charge on any atom is 0.148 e. The van der Waals surface area contributed by atoms with E-state index in [1.807, 2.05) is 18.2 Å². The van der Waals surface area contributed by atoms with Gasteiger partial charge < -0.3 is 4.90 Å². The molecule has 0 unspecified atom stereocenters. The molecule has 1 aromatic rings. The molecule has 0 radical (unpaired) electrons. The average Bonchev–Trinajstić information content (AvgIpc) is 2.52. The van der Waals surface area contributed by atoms with Gasteiger partial charge in [0.2, 0.25) is 0 Å². The SMILES string of the molecule is C[C@@H]1CCN2c3cc(Cl)ccc3CC3(C(=O)CCCC3=O)[C@H]2C1.